The zero-order valence-corrected chi connectivity index (χ0v) is 16.5. The van der Waals surface area contributed by atoms with Gasteiger partial charge in [-0.1, -0.05) is 30.3 Å². The number of amides is 1. The van der Waals surface area contributed by atoms with Crippen LogP contribution in [0.3, 0.4) is 0 Å². The molecular weight excluding hydrogens is 368 g/mol. The van der Waals surface area contributed by atoms with Crippen molar-refractivity contribution in [2.24, 2.45) is 0 Å². The number of methoxy groups -OCH3 is 2. The third-order valence-electron chi connectivity index (χ3n) is 4.34. The number of aromatic nitrogens is 2. The first-order valence-electron chi connectivity index (χ1n) is 9.33. The van der Waals surface area contributed by atoms with E-state index in [1.807, 2.05) is 18.2 Å². The van der Waals surface area contributed by atoms with Gasteiger partial charge in [-0.15, -0.1) is 0 Å². The molecule has 7 nitrogen and oxygen atoms in total. The minimum Gasteiger partial charge on any atom is -0.497 e. The highest BCUT2D eigenvalue weighted by atomic mass is 16.5. The molecule has 1 aromatic heterocycles. The van der Waals surface area contributed by atoms with Gasteiger partial charge in [-0.2, -0.15) is 0 Å². The molecule has 29 heavy (non-hydrogen) atoms. The highest BCUT2D eigenvalue weighted by molar-refractivity contribution is 6.04. The fourth-order valence-electron chi connectivity index (χ4n) is 2.78. The van der Waals surface area contributed by atoms with E-state index in [9.17, 15) is 4.79 Å². The van der Waals surface area contributed by atoms with E-state index in [0.29, 0.717) is 28.7 Å². The van der Waals surface area contributed by atoms with E-state index in [1.165, 1.54) is 18.0 Å². The van der Waals surface area contributed by atoms with Crippen molar-refractivity contribution >= 4 is 17.5 Å². The molecule has 0 bridgehead atoms. The third kappa shape index (κ3) is 5.68. The summed E-state index contributed by atoms with van der Waals surface area (Å²) in [4.78, 5) is 20.9. The Morgan fingerprint density at radius 3 is 2.45 bits per heavy atom. The smallest absolute Gasteiger partial charge is 0.258 e. The van der Waals surface area contributed by atoms with Crippen LogP contribution in [0.5, 0.6) is 11.5 Å². The lowest BCUT2D eigenvalue weighted by Crippen LogP contribution is -2.14. The molecule has 3 rings (SSSR count). The van der Waals surface area contributed by atoms with Crippen molar-refractivity contribution in [2.75, 3.05) is 31.4 Å². The molecule has 0 aliphatic rings. The molecule has 2 aromatic carbocycles. The number of hydrogen-bond donors (Lipinski definition) is 2. The van der Waals surface area contributed by atoms with Crippen molar-refractivity contribution in [3.05, 3.63) is 72.1 Å². The topological polar surface area (TPSA) is 85.4 Å². The predicted octanol–water partition coefficient (Wildman–Crippen LogP) is 3.79. The van der Waals surface area contributed by atoms with Crippen molar-refractivity contribution in [3.8, 4) is 11.5 Å². The van der Waals surface area contributed by atoms with Crippen LogP contribution in [0.4, 0.5) is 11.6 Å². The van der Waals surface area contributed by atoms with Gasteiger partial charge in [0.15, 0.2) is 0 Å². The molecule has 0 aliphatic carbocycles. The normalized spacial score (nSPS) is 10.3. The highest BCUT2D eigenvalue weighted by Crippen LogP contribution is 2.29. The lowest BCUT2D eigenvalue weighted by atomic mass is 10.1. The zero-order valence-electron chi connectivity index (χ0n) is 16.5. The summed E-state index contributed by atoms with van der Waals surface area (Å²) in [5, 5.41) is 5.97. The third-order valence-corrected chi connectivity index (χ3v) is 4.34. The van der Waals surface area contributed by atoms with Crippen LogP contribution < -0.4 is 20.1 Å². The van der Waals surface area contributed by atoms with Crippen LogP contribution in [0.15, 0.2) is 60.9 Å². The maximum absolute atomic E-state index is 12.5. The molecule has 1 amide bonds. The predicted molar refractivity (Wildman–Crippen MR) is 113 cm³/mol. The van der Waals surface area contributed by atoms with E-state index in [2.05, 4.69) is 32.7 Å². The maximum atomic E-state index is 12.5. The van der Waals surface area contributed by atoms with Gasteiger partial charge in [0.2, 0.25) is 5.95 Å². The number of ether oxygens (including phenoxy) is 2. The van der Waals surface area contributed by atoms with Crippen LogP contribution in [-0.4, -0.2) is 36.6 Å². The molecular formula is C22H24N4O3. The first-order chi connectivity index (χ1) is 14.2. The molecule has 7 heteroatoms. The van der Waals surface area contributed by atoms with Crippen LogP contribution >= 0.6 is 0 Å². The molecule has 0 saturated heterocycles. The number of nitrogens with one attached hydrogen (secondary N) is 2. The Bertz CT molecular complexity index is 931. The number of aryl methyl sites for hydroxylation is 1. The number of nitrogens with zero attached hydrogens (tertiary/aromatic N) is 2. The van der Waals surface area contributed by atoms with Gasteiger partial charge in [0.05, 0.1) is 25.5 Å². The number of benzene rings is 2. The molecule has 0 unspecified atom stereocenters. The molecule has 0 spiro atoms. The summed E-state index contributed by atoms with van der Waals surface area (Å²) in [6, 6.07) is 15.5. The van der Waals surface area contributed by atoms with Crippen molar-refractivity contribution in [3.63, 3.8) is 0 Å². The van der Waals surface area contributed by atoms with Gasteiger partial charge in [-0.3, -0.25) is 4.79 Å². The monoisotopic (exact) mass is 392 g/mol. The van der Waals surface area contributed by atoms with Crippen LogP contribution in [0.1, 0.15) is 22.3 Å². The second-order valence-electron chi connectivity index (χ2n) is 6.33. The van der Waals surface area contributed by atoms with Crippen molar-refractivity contribution < 1.29 is 14.3 Å². The Hall–Kier alpha value is -3.61. The molecule has 0 atom stereocenters. The van der Waals surface area contributed by atoms with Crippen molar-refractivity contribution in [1.82, 2.24) is 9.97 Å². The van der Waals surface area contributed by atoms with Gasteiger partial charge in [-0.05, 0) is 30.5 Å². The van der Waals surface area contributed by atoms with Crippen molar-refractivity contribution in [2.45, 2.75) is 12.8 Å². The van der Waals surface area contributed by atoms with E-state index in [1.54, 1.807) is 32.4 Å². The lowest BCUT2D eigenvalue weighted by Gasteiger charge is -2.11. The van der Waals surface area contributed by atoms with Gasteiger partial charge in [0.25, 0.3) is 5.91 Å². The summed E-state index contributed by atoms with van der Waals surface area (Å²) >= 11 is 0. The second kappa shape index (κ2) is 10.1. The van der Waals surface area contributed by atoms with Crippen LogP contribution in [0.25, 0.3) is 0 Å². The van der Waals surface area contributed by atoms with E-state index >= 15 is 0 Å². The molecule has 3 aromatic rings. The number of rotatable bonds is 9. The van der Waals surface area contributed by atoms with Crippen LogP contribution in [0.2, 0.25) is 0 Å². The second-order valence-corrected chi connectivity index (χ2v) is 6.33. The summed E-state index contributed by atoms with van der Waals surface area (Å²) in [5.41, 5.74) is 2.17. The molecule has 150 valence electrons. The average Bonchev–Trinajstić information content (AvgIpc) is 2.77. The standard InChI is InChI=1S/C22H24N4O3/c1-28-18-10-11-20(29-2)19(13-18)26-21(27)17-14-24-22(25-15-17)23-12-6-9-16-7-4-3-5-8-16/h3-5,7-8,10-11,13-15H,6,9,12H2,1-2H3,(H,26,27)(H,23,24,25). The maximum Gasteiger partial charge on any atom is 0.258 e. The Morgan fingerprint density at radius 2 is 1.76 bits per heavy atom. The molecule has 0 fully saturated rings. The first kappa shape index (κ1) is 20.1. The Morgan fingerprint density at radius 1 is 1.00 bits per heavy atom. The Kier molecular flexibility index (Phi) is 7.00. The van der Waals surface area contributed by atoms with Gasteiger partial charge >= 0.3 is 0 Å². The molecule has 0 saturated carbocycles. The van der Waals surface area contributed by atoms with E-state index in [0.717, 1.165) is 19.4 Å². The quantitative estimate of drug-likeness (QED) is 0.539. The highest BCUT2D eigenvalue weighted by Gasteiger charge is 2.12. The SMILES string of the molecule is COc1ccc(OC)c(NC(=O)c2cnc(NCCCc3ccccc3)nc2)c1. The summed E-state index contributed by atoms with van der Waals surface area (Å²) in [6.07, 6.45) is 4.94. The number of carbonyl (C=O) groups excluding carboxylic acids is 1. The molecule has 0 radical (unpaired) electrons. The molecule has 1 heterocycles. The number of anilines is 2. The zero-order chi connectivity index (χ0) is 20.5. The minimum atomic E-state index is -0.327. The lowest BCUT2D eigenvalue weighted by molar-refractivity contribution is 0.102. The summed E-state index contributed by atoms with van der Waals surface area (Å²) in [7, 11) is 3.10. The van der Waals surface area contributed by atoms with E-state index < -0.39 is 0 Å². The number of carbonyl (C=O) groups is 1. The van der Waals surface area contributed by atoms with E-state index in [-0.39, 0.29) is 5.91 Å². The molecule has 0 aliphatic heterocycles. The summed E-state index contributed by atoms with van der Waals surface area (Å²) < 4.78 is 10.5. The Balaban J connectivity index is 1.53. The van der Waals surface area contributed by atoms with Crippen molar-refractivity contribution in [1.29, 1.82) is 0 Å². The van der Waals surface area contributed by atoms with Crippen LogP contribution in [-0.2, 0) is 6.42 Å². The van der Waals surface area contributed by atoms with Gasteiger partial charge in [-0.25, -0.2) is 9.97 Å². The Labute approximate surface area is 170 Å². The first-order valence-corrected chi connectivity index (χ1v) is 9.33. The largest absolute Gasteiger partial charge is 0.497 e. The van der Waals surface area contributed by atoms with Gasteiger partial charge in [0, 0.05) is 25.0 Å². The van der Waals surface area contributed by atoms with Gasteiger partial charge in [0.1, 0.15) is 11.5 Å². The fraction of sp³-hybridized carbons (Fsp3) is 0.227. The fourth-order valence-corrected chi connectivity index (χ4v) is 2.78. The molecule has 2 N–H and O–H groups in total. The van der Waals surface area contributed by atoms with E-state index in [4.69, 9.17) is 9.47 Å². The average molecular weight is 392 g/mol. The number of hydrogen-bond acceptors (Lipinski definition) is 6. The summed E-state index contributed by atoms with van der Waals surface area (Å²) in [6.45, 7) is 0.751. The van der Waals surface area contributed by atoms with Gasteiger partial charge < -0.3 is 20.1 Å². The van der Waals surface area contributed by atoms with Crippen LogP contribution in [0, 0.1) is 0 Å². The minimum absolute atomic E-state index is 0.327. The summed E-state index contributed by atoms with van der Waals surface area (Å²) in [5.74, 6) is 1.32.